The molecule has 8 nitrogen and oxygen atoms in total. The summed E-state index contributed by atoms with van der Waals surface area (Å²) in [5.41, 5.74) is 0.870. The molecule has 0 radical (unpaired) electrons. The number of sulfonamides is 1. The highest BCUT2D eigenvalue weighted by atomic mass is 32.2. The molecule has 0 unspecified atom stereocenters. The maximum atomic E-state index is 12.7. The Morgan fingerprint density at radius 2 is 1.74 bits per heavy atom. The molecule has 0 saturated heterocycles. The van der Waals surface area contributed by atoms with E-state index in [-0.39, 0.29) is 22.5 Å². The average Bonchev–Trinajstić information content (AvgIpc) is 3.30. The van der Waals surface area contributed by atoms with Crippen molar-refractivity contribution in [2.24, 2.45) is 0 Å². The fourth-order valence-electron chi connectivity index (χ4n) is 2.61. The van der Waals surface area contributed by atoms with Crippen LogP contribution in [0.15, 0.2) is 81.1 Å². The highest BCUT2D eigenvalue weighted by Gasteiger charge is 2.15. The predicted octanol–water partition coefficient (Wildman–Crippen LogP) is 2.85. The maximum absolute atomic E-state index is 12.7. The first-order chi connectivity index (χ1) is 14.9. The van der Waals surface area contributed by atoms with Crippen LogP contribution in [0.2, 0.25) is 0 Å². The van der Waals surface area contributed by atoms with Crippen molar-refractivity contribution in [3.8, 4) is 0 Å². The van der Waals surface area contributed by atoms with E-state index in [0.717, 1.165) is 0 Å². The van der Waals surface area contributed by atoms with Crippen LogP contribution in [-0.4, -0.2) is 33.0 Å². The standard InChI is InChI=1S/C21H21N3O5S2/c1-22-31(27,28)17-10-8-15(9-11-17)24-21(26)18-6-2-3-7-19(18)30-14-20(25)23-13-16-5-4-12-29-16/h2-12,22H,13-14H2,1H3,(H,23,25)(H,24,26). The number of furan rings is 1. The second-order valence-electron chi connectivity index (χ2n) is 6.33. The number of hydrogen-bond acceptors (Lipinski definition) is 6. The molecule has 3 aromatic rings. The summed E-state index contributed by atoms with van der Waals surface area (Å²) in [5.74, 6) is 0.259. The quantitative estimate of drug-likeness (QED) is 0.424. The Morgan fingerprint density at radius 1 is 1.00 bits per heavy atom. The van der Waals surface area contributed by atoms with E-state index in [2.05, 4.69) is 15.4 Å². The van der Waals surface area contributed by atoms with Gasteiger partial charge in [0, 0.05) is 10.6 Å². The van der Waals surface area contributed by atoms with Crippen molar-refractivity contribution >= 4 is 39.3 Å². The second kappa shape index (κ2) is 10.3. The number of thioether (sulfide) groups is 1. The molecule has 10 heteroatoms. The van der Waals surface area contributed by atoms with Gasteiger partial charge in [0.2, 0.25) is 15.9 Å². The summed E-state index contributed by atoms with van der Waals surface area (Å²) in [6.07, 6.45) is 1.54. The molecular weight excluding hydrogens is 438 g/mol. The van der Waals surface area contributed by atoms with Gasteiger partial charge >= 0.3 is 0 Å². The van der Waals surface area contributed by atoms with Crippen molar-refractivity contribution in [2.45, 2.75) is 16.3 Å². The van der Waals surface area contributed by atoms with Crippen LogP contribution >= 0.6 is 11.8 Å². The highest BCUT2D eigenvalue weighted by molar-refractivity contribution is 8.00. The number of nitrogens with one attached hydrogen (secondary N) is 3. The molecule has 1 aromatic heterocycles. The van der Waals surface area contributed by atoms with Gasteiger partial charge in [0.1, 0.15) is 5.76 Å². The van der Waals surface area contributed by atoms with Crippen molar-refractivity contribution in [1.82, 2.24) is 10.0 Å². The molecule has 2 aromatic carbocycles. The van der Waals surface area contributed by atoms with Gasteiger partial charge in [-0.25, -0.2) is 13.1 Å². The van der Waals surface area contributed by atoms with E-state index < -0.39 is 10.0 Å². The molecule has 0 aliphatic rings. The lowest BCUT2D eigenvalue weighted by atomic mass is 10.2. The van der Waals surface area contributed by atoms with Gasteiger partial charge in [-0.1, -0.05) is 12.1 Å². The molecule has 0 spiro atoms. The third-order valence-electron chi connectivity index (χ3n) is 4.22. The Labute approximate surface area is 184 Å². The van der Waals surface area contributed by atoms with E-state index in [0.29, 0.717) is 28.5 Å². The first kappa shape index (κ1) is 22.6. The van der Waals surface area contributed by atoms with Crippen LogP contribution < -0.4 is 15.4 Å². The predicted molar refractivity (Wildman–Crippen MR) is 118 cm³/mol. The Bertz CT molecular complexity index is 1140. The van der Waals surface area contributed by atoms with Gasteiger partial charge in [-0.05, 0) is 55.6 Å². The van der Waals surface area contributed by atoms with E-state index in [1.165, 1.54) is 49.3 Å². The van der Waals surface area contributed by atoms with Gasteiger partial charge in [-0.2, -0.15) is 0 Å². The Balaban J connectivity index is 1.61. The average molecular weight is 460 g/mol. The number of hydrogen-bond donors (Lipinski definition) is 3. The number of carbonyl (C=O) groups excluding carboxylic acids is 2. The third-order valence-corrected chi connectivity index (χ3v) is 6.73. The van der Waals surface area contributed by atoms with Crippen LogP contribution in [-0.2, 0) is 21.4 Å². The minimum atomic E-state index is -3.55. The number of rotatable bonds is 9. The zero-order chi connectivity index (χ0) is 22.3. The van der Waals surface area contributed by atoms with Crippen LogP contribution in [0.3, 0.4) is 0 Å². The van der Waals surface area contributed by atoms with Crippen LogP contribution in [0.5, 0.6) is 0 Å². The van der Waals surface area contributed by atoms with E-state index in [4.69, 9.17) is 4.42 Å². The molecule has 3 N–H and O–H groups in total. The van der Waals surface area contributed by atoms with Crippen LogP contribution in [0.4, 0.5) is 5.69 Å². The van der Waals surface area contributed by atoms with Crippen LogP contribution in [0, 0.1) is 0 Å². The van der Waals surface area contributed by atoms with Gasteiger partial charge in [-0.3, -0.25) is 9.59 Å². The minimum absolute atomic E-state index is 0.101. The lowest BCUT2D eigenvalue weighted by Gasteiger charge is -2.11. The fourth-order valence-corrected chi connectivity index (χ4v) is 4.22. The topological polar surface area (TPSA) is 118 Å². The molecule has 31 heavy (non-hydrogen) atoms. The normalized spacial score (nSPS) is 11.1. The van der Waals surface area contributed by atoms with Gasteiger partial charge in [0.25, 0.3) is 5.91 Å². The molecule has 3 rings (SSSR count). The molecule has 0 atom stereocenters. The van der Waals surface area contributed by atoms with Crippen molar-refractivity contribution in [2.75, 3.05) is 18.1 Å². The largest absolute Gasteiger partial charge is 0.467 e. The summed E-state index contributed by atoms with van der Waals surface area (Å²) in [7, 11) is -2.22. The summed E-state index contributed by atoms with van der Waals surface area (Å²) in [6, 6.07) is 16.3. The lowest BCUT2D eigenvalue weighted by Crippen LogP contribution is -2.24. The lowest BCUT2D eigenvalue weighted by molar-refractivity contribution is -0.118. The van der Waals surface area contributed by atoms with Crippen LogP contribution in [0.1, 0.15) is 16.1 Å². The summed E-state index contributed by atoms with van der Waals surface area (Å²) in [5, 5.41) is 5.50. The number of carbonyl (C=O) groups is 2. The first-order valence-corrected chi connectivity index (χ1v) is 11.7. The summed E-state index contributed by atoms with van der Waals surface area (Å²) < 4.78 is 31.0. The molecule has 1 heterocycles. The summed E-state index contributed by atoms with van der Waals surface area (Å²) in [4.78, 5) is 25.6. The highest BCUT2D eigenvalue weighted by Crippen LogP contribution is 2.24. The number of anilines is 1. The molecular formula is C21H21N3O5S2. The molecule has 0 saturated carbocycles. The van der Waals surface area contributed by atoms with Crippen molar-refractivity contribution in [1.29, 1.82) is 0 Å². The molecule has 2 amide bonds. The molecule has 162 valence electrons. The summed E-state index contributed by atoms with van der Waals surface area (Å²) >= 11 is 1.25. The maximum Gasteiger partial charge on any atom is 0.256 e. The van der Waals surface area contributed by atoms with Crippen molar-refractivity contribution < 1.29 is 22.4 Å². The van der Waals surface area contributed by atoms with Gasteiger partial charge in [0.15, 0.2) is 0 Å². The minimum Gasteiger partial charge on any atom is -0.467 e. The third kappa shape index (κ3) is 6.20. The van der Waals surface area contributed by atoms with Crippen molar-refractivity contribution in [3.63, 3.8) is 0 Å². The van der Waals surface area contributed by atoms with E-state index in [9.17, 15) is 18.0 Å². The van der Waals surface area contributed by atoms with Crippen molar-refractivity contribution in [3.05, 3.63) is 78.3 Å². The SMILES string of the molecule is CNS(=O)(=O)c1ccc(NC(=O)c2ccccc2SCC(=O)NCc2ccco2)cc1. The Kier molecular flexibility index (Phi) is 7.50. The monoisotopic (exact) mass is 459 g/mol. The fraction of sp³-hybridized carbons (Fsp3) is 0.143. The first-order valence-electron chi connectivity index (χ1n) is 9.25. The van der Waals surface area contributed by atoms with Gasteiger partial charge in [0.05, 0.1) is 29.0 Å². The van der Waals surface area contributed by atoms with Crippen LogP contribution in [0.25, 0.3) is 0 Å². The van der Waals surface area contributed by atoms with Gasteiger partial charge in [-0.15, -0.1) is 11.8 Å². The van der Waals surface area contributed by atoms with E-state index >= 15 is 0 Å². The number of amides is 2. The molecule has 0 bridgehead atoms. The zero-order valence-corrected chi connectivity index (χ0v) is 18.3. The summed E-state index contributed by atoms with van der Waals surface area (Å²) in [6.45, 7) is 0.299. The molecule has 0 fully saturated rings. The number of benzene rings is 2. The van der Waals surface area contributed by atoms with Gasteiger partial charge < -0.3 is 15.1 Å². The molecule has 0 aliphatic carbocycles. The van der Waals surface area contributed by atoms with E-state index in [1.807, 2.05) is 0 Å². The second-order valence-corrected chi connectivity index (χ2v) is 9.23. The Hall–Kier alpha value is -3.08. The molecule has 0 aliphatic heterocycles. The zero-order valence-electron chi connectivity index (χ0n) is 16.6. The smallest absolute Gasteiger partial charge is 0.256 e. The Morgan fingerprint density at radius 3 is 2.42 bits per heavy atom. The van der Waals surface area contributed by atoms with E-state index in [1.54, 1.807) is 36.4 Å².